The molecule has 0 saturated heterocycles. The van der Waals surface area contributed by atoms with Gasteiger partial charge < -0.3 is 15.2 Å². The topological polar surface area (TPSA) is 95.5 Å². The van der Waals surface area contributed by atoms with Gasteiger partial charge in [0.1, 0.15) is 0 Å². The van der Waals surface area contributed by atoms with E-state index in [4.69, 9.17) is 23.2 Å². The number of aromatic nitrogens is 2. The van der Waals surface area contributed by atoms with Gasteiger partial charge in [-0.2, -0.15) is 4.73 Å². The summed E-state index contributed by atoms with van der Waals surface area (Å²) in [7, 11) is 1.00. The number of esters is 1. The van der Waals surface area contributed by atoms with Gasteiger partial charge in [0, 0.05) is 6.07 Å². The Morgan fingerprint density at radius 1 is 1.42 bits per heavy atom. The zero-order valence-electron chi connectivity index (χ0n) is 9.39. The lowest BCUT2D eigenvalue weighted by molar-refractivity contribution is -0.582. The van der Waals surface area contributed by atoms with E-state index in [1.165, 1.54) is 0 Å². The highest BCUT2D eigenvalue weighted by molar-refractivity contribution is 6.42. The van der Waals surface area contributed by atoms with Crippen LogP contribution in [0.3, 0.4) is 0 Å². The highest BCUT2D eigenvalue weighted by Gasteiger charge is 2.28. The molecule has 7 nitrogen and oxygen atoms in total. The number of methoxy groups -OCH3 is 1. The molecule has 0 bridgehead atoms. The minimum atomic E-state index is -1.22. The van der Waals surface area contributed by atoms with Crippen LogP contribution in [0.15, 0.2) is 16.9 Å². The first-order valence-corrected chi connectivity index (χ1v) is 5.59. The molecule has 0 unspecified atom stereocenters. The van der Waals surface area contributed by atoms with E-state index in [0.717, 1.165) is 19.2 Å². The van der Waals surface area contributed by atoms with Crippen LogP contribution in [0.1, 0.15) is 10.5 Å². The largest absolute Gasteiger partial charge is 0.617 e. The first kappa shape index (κ1) is 13.4. The van der Waals surface area contributed by atoms with Crippen molar-refractivity contribution in [2.45, 2.75) is 0 Å². The summed E-state index contributed by atoms with van der Waals surface area (Å²) in [6.45, 7) is 0. The second-order valence-corrected chi connectivity index (χ2v) is 4.32. The fourth-order valence-electron chi connectivity index (χ4n) is 1.54. The van der Waals surface area contributed by atoms with Gasteiger partial charge in [0.2, 0.25) is 5.52 Å². The van der Waals surface area contributed by atoms with Crippen LogP contribution < -0.4 is 10.3 Å². The Kier molecular flexibility index (Phi) is 3.25. The van der Waals surface area contributed by atoms with Crippen LogP contribution in [0.2, 0.25) is 10.0 Å². The summed E-state index contributed by atoms with van der Waals surface area (Å²) in [6, 6.07) is 2.26. The van der Waals surface area contributed by atoms with Crippen LogP contribution in [-0.2, 0) is 4.74 Å². The van der Waals surface area contributed by atoms with Gasteiger partial charge in [-0.15, -0.1) is 4.73 Å². The molecule has 19 heavy (non-hydrogen) atoms. The third-order valence-corrected chi connectivity index (χ3v) is 3.16. The van der Waals surface area contributed by atoms with E-state index in [0.29, 0.717) is 0 Å². The number of benzene rings is 1. The van der Waals surface area contributed by atoms with Crippen molar-refractivity contribution in [1.82, 2.24) is 4.73 Å². The molecule has 1 heterocycles. The summed E-state index contributed by atoms with van der Waals surface area (Å²) in [4.78, 5) is 23.1. The number of carbonyl (C=O) groups is 1. The maximum absolute atomic E-state index is 12.0. The molecule has 1 aromatic carbocycles. The zero-order chi connectivity index (χ0) is 14.3. The maximum Gasteiger partial charge on any atom is 0.411 e. The number of carbonyl (C=O) groups excluding carboxylic acids is 1. The van der Waals surface area contributed by atoms with E-state index in [1.54, 1.807) is 0 Å². The monoisotopic (exact) mass is 304 g/mol. The predicted octanol–water partition coefficient (Wildman–Crippen LogP) is 0.966. The second-order valence-electron chi connectivity index (χ2n) is 3.51. The smallest absolute Gasteiger partial charge is 0.411 e. The number of fused-ring (bicyclic) bond motifs is 1. The normalized spacial score (nSPS) is 10.7. The molecule has 0 atom stereocenters. The van der Waals surface area contributed by atoms with Crippen molar-refractivity contribution in [2.24, 2.45) is 0 Å². The molecule has 1 N–H and O–H groups in total. The van der Waals surface area contributed by atoms with Gasteiger partial charge in [-0.05, 0) is 6.07 Å². The van der Waals surface area contributed by atoms with Crippen LogP contribution in [0.25, 0.3) is 11.0 Å². The molecular weight excluding hydrogens is 299 g/mol. The summed E-state index contributed by atoms with van der Waals surface area (Å²) in [5.41, 5.74) is -2.47. The van der Waals surface area contributed by atoms with E-state index in [9.17, 15) is 20.0 Å². The zero-order valence-corrected chi connectivity index (χ0v) is 10.9. The second kappa shape index (κ2) is 4.60. The van der Waals surface area contributed by atoms with Crippen LogP contribution in [-0.4, -0.2) is 23.0 Å². The number of hydrogen-bond donors (Lipinski definition) is 1. The maximum atomic E-state index is 12.0. The molecule has 0 aliphatic rings. The lowest BCUT2D eigenvalue weighted by Crippen LogP contribution is -2.46. The molecule has 0 radical (unpaired) electrons. The summed E-state index contributed by atoms with van der Waals surface area (Å²) >= 11 is 11.5. The molecule has 0 aliphatic carbocycles. The number of rotatable bonds is 1. The van der Waals surface area contributed by atoms with Crippen LogP contribution in [0.4, 0.5) is 0 Å². The van der Waals surface area contributed by atoms with Gasteiger partial charge in [-0.3, -0.25) is 4.79 Å². The SMILES string of the molecule is COC(=O)c1c(=O)n(O)c2cc(Cl)c(Cl)cc2[n+]1[O-]. The summed E-state index contributed by atoms with van der Waals surface area (Å²) in [5.74, 6) is -1.17. The molecule has 0 aliphatic heterocycles. The molecule has 2 aromatic rings. The average Bonchev–Trinajstić information content (AvgIpc) is 2.38. The molecule has 0 saturated carbocycles. The van der Waals surface area contributed by atoms with E-state index in [-0.39, 0.29) is 30.5 Å². The third kappa shape index (κ3) is 1.96. The number of hydrogen-bond acceptors (Lipinski definition) is 5. The Hall–Kier alpha value is -1.99. The fourth-order valence-corrected chi connectivity index (χ4v) is 1.86. The highest BCUT2D eigenvalue weighted by atomic mass is 35.5. The molecule has 0 fully saturated rings. The number of ether oxygens (including phenoxy) is 1. The van der Waals surface area contributed by atoms with Gasteiger partial charge in [0.25, 0.3) is 0 Å². The summed E-state index contributed by atoms with van der Waals surface area (Å²) in [5, 5.41) is 21.7. The molecule has 100 valence electrons. The van der Waals surface area contributed by atoms with Gasteiger partial charge in [0.15, 0.2) is 5.52 Å². The van der Waals surface area contributed by atoms with Crippen molar-refractivity contribution in [2.75, 3.05) is 7.11 Å². The Bertz CT molecular complexity index is 756. The van der Waals surface area contributed by atoms with Crippen molar-refractivity contribution >= 4 is 40.2 Å². The van der Waals surface area contributed by atoms with Crippen molar-refractivity contribution in [3.05, 3.63) is 43.4 Å². The van der Waals surface area contributed by atoms with Gasteiger partial charge in [-0.25, -0.2) is 4.79 Å². The number of nitrogens with zero attached hydrogens (tertiary/aromatic N) is 2. The van der Waals surface area contributed by atoms with Crippen molar-refractivity contribution in [3.8, 4) is 0 Å². The first-order valence-electron chi connectivity index (χ1n) is 4.83. The number of halogens is 2. The van der Waals surface area contributed by atoms with E-state index < -0.39 is 17.2 Å². The van der Waals surface area contributed by atoms with Crippen LogP contribution in [0, 0.1) is 5.21 Å². The minimum Gasteiger partial charge on any atom is -0.617 e. The van der Waals surface area contributed by atoms with Crippen LogP contribution >= 0.6 is 23.2 Å². The highest BCUT2D eigenvalue weighted by Crippen LogP contribution is 2.25. The van der Waals surface area contributed by atoms with E-state index in [2.05, 4.69) is 4.74 Å². The van der Waals surface area contributed by atoms with Gasteiger partial charge >= 0.3 is 17.2 Å². The molecular formula is C10H6Cl2N2O5. The molecule has 2 rings (SSSR count). The van der Waals surface area contributed by atoms with E-state index >= 15 is 0 Å². The average molecular weight is 305 g/mol. The Balaban J connectivity index is 3.00. The molecule has 1 aromatic heterocycles. The predicted molar refractivity (Wildman–Crippen MR) is 65.7 cm³/mol. The molecule has 0 amide bonds. The lowest BCUT2D eigenvalue weighted by atomic mass is 10.3. The Labute approximate surface area is 115 Å². The summed E-state index contributed by atoms with van der Waals surface area (Å²) in [6.07, 6.45) is 0. The Morgan fingerprint density at radius 2 is 2.00 bits per heavy atom. The fraction of sp³-hybridized carbons (Fsp3) is 0.100. The van der Waals surface area contributed by atoms with Gasteiger partial charge in [-0.1, -0.05) is 23.2 Å². The molecule has 0 spiro atoms. The Morgan fingerprint density at radius 3 is 2.58 bits per heavy atom. The van der Waals surface area contributed by atoms with Crippen molar-refractivity contribution in [3.63, 3.8) is 0 Å². The standard InChI is InChI=1S/C10H6Cl2N2O5/c1-19-10(16)8-9(15)14(18)7-3-5(12)4(11)2-6(7)13(8)17/h2-3,18H,1H3. The summed E-state index contributed by atoms with van der Waals surface area (Å²) < 4.78 is 4.49. The third-order valence-electron chi connectivity index (χ3n) is 2.44. The lowest BCUT2D eigenvalue weighted by Gasteiger charge is -2.08. The van der Waals surface area contributed by atoms with Crippen LogP contribution in [0.5, 0.6) is 0 Å². The minimum absolute atomic E-state index is 0.0354. The van der Waals surface area contributed by atoms with Gasteiger partial charge in [0.05, 0.1) is 17.2 Å². The first-order chi connectivity index (χ1) is 8.88. The van der Waals surface area contributed by atoms with Crippen molar-refractivity contribution in [1.29, 1.82) is 0 Å². The van der Waals surface area contributed by atoms with Crippen molar-refractivity contribution < 1.29 is 19.5 Å². The van der Waals surface area contributed by atoms with E-state index in [1.807, 2.05) is 0 Å². The molecule has 9 heteroatoms. The quantitative estimate of drug-likeness (QED) is 0.366.